The second-order valence-corrected chi connectivity index (χ2v) is 5.58. The van der Waals surface area contributed by atoms with E-state index in [1.165, 1.54) is 25.0 Å². The van der Waals surface area contributed by atoms with Crippen LogP contribution in [0.15, 0.2) is 18.2 Å². The van der Waals surface area contributed by atoms with Crippen LogP contribution >= 0.6 is 0 Å². The van der Waals surface area contributed by atoms with Gasteiger partial charge in [-0.25, -0.2) is 4.39 Å². The van der Waals surface area contributed by atoms with Crippen molar-refractivity contribution >= 4 is 5.91 Å². The van der Waals surface area contributed by atoms with Crippen LogP contribution in [0.1, 0.15) is 28.8 Å². The lowest BCUT2D eigenvalue weighted by Crippen LogP contribution is -2.36. The fraction of sp³-hybridized carbons (Fsp3) is 0.533. The molecule has 1 unspecified atom stereocenters. The lowest BCUT2D eigenvalue weighted by molar-refractivity contribution is 0.1000. The number of carbonyl (C=O) groups is 1. The van der Waals surface area contributed by atoms with Crippen LogP contribution in [-0.4, -0.2) is 37.5 Å². The van der Waals surface area contributed by atoms with E-state index >= 15 is 0 Å². The molecule has 4 nitrogen and oxygen atoms in total. The van der Waals surface area contributed by atoms with E-state index in [1.807, 2.05) is 7.05 Å². The Kier molecular flexibility index (Phi) is 5.09. The number of benzene rings is 1. The van der Waals surface area contributed by atoms with Gasteiger partial charge in [0.25, 0.3) is 0 Å². The Hall–Kier alpha value is -1.46. The van der Waals surface area contributed by atoms with E-state index in [-0.39, 0.29) is 5.82 Å². The first kappa shape index (κ1) is 14.9. The summed E-state index contributed by atoms with van der Waals surface area (Å²) in [6, 6.07) is 4.28. The normalized spacial score (nSPS) is 19.2. The van der Waals surface area contributed by atoms with Crippen molar-refractivity contribution in [2.75, 3.05) is 26.7 Å². The van der Waals surface area contributed by atoms with Crippen molar-refractivity contribution in [1.82, 2.24) is 10.2 Å². The zero-order chi connectivity index (χ0) is 14.5. The first-order valence-corrected chi connectivity index (χ1v) is 7.03. The molecule has 1 atom stereocenters. The monoisotopic (exact) mass is 279 g/mol. The number of hydrogen-bond acceptors (Lipinski definition) is 3. The second kappa shape index (κ2) is 6.81. The minimum Gasteiger partial charge on any atom is -0.366 e. The Bertz CT molecular complexity index is 472. The molecule has 110 valence electrons. The average Bonchev–Trinajstić information content (AvgIpc) is 2.42. The standard InChI is InChI=1S/C15H22FN3O/c1-19(9-11-3-2-6-18-8-11)10-13-7-12(15(17)20)4-5-14(13)16/h4-5,7,11,18H,2-3,6,8-10H2,1H3,(H2,17,20). The van der Waals surface area contributed by atoms with Crippen LogP contribution in [0.25, 0.3) is 0 Å². The first-order chi connectivity index (χ1) is 9.56. The molecule has 1 fully saturated rings. The third kappa shape index (κ3) is 4.02. The summed E-state index contributed by atoms with van der Waals surface area (Å²) >= 11 is 0. The molecule has 0 bridgehead atoms. The second-order valence-electron chi connectivity index (χ2n) is 5.58. The molecule has 1 heterocycles. The number of rotatable bonds is 5. The average molecular weight is 279 g/mol. The van der Waals surface area contributed by atoms with Crippen molar-refractivity contribution in [3.8, 4) is 0 Å². The maximum Gasteiger partial charge on any atom is 0.248 e. The van der Waals surface area contributed by atoms with Crippen LogP contribution < -0.4 is 11.1 Å². The molecular formula is C15H22FN3O. The van der Waals surface area contributed by atoms with Crippen LogP contribution in [0.4, 0.5) is 4.39 Å². The van der Waals surface area contributed by atoms with Crippen LogP contribution in [0, 0.1) is 11.7 Å². The van der Waals surface area contributed by atoms with E-state index in [0.29, 0.717) is 23.6 Å². The Balaban J connectivity index is 1.97. The summed E-state index contributed by atoms with van der Waals surface area (Å²) in [4.78, 5) is 13.2. The number of nitrogens with two attached hydrogens (primary N) is 1. The number of carbonyl (C=O) groups excluding carboxylic acids is 1. The van der Waals surface area contributed by atoms with Gasteiger partial charge in [0.05, 0.1) is 0 Å². The highest BCUT2D eigenvalue weighted by Gasteiger charge is 2.16. The fourth-order valence-electron chi connectivity index (χ4n) is 2.73. The van der Waals surface area contributed by atoms with Gasteiger partial charge >= 0.3 is 0 Å². The number of primary amides is 1. The van der Waals surface area contributed by atoms with E-state index in [1.54, 1.807) is 6.07 Å². The molecule has 20 heavy (non-hydrogen) atoms. The maximum atomic E-state index is 13.8. The Morgan fingerprint density at radius 3 is 3.00 bits per heavy atom. The summed E-state index contributed by atoms with van der Waals surface area (Å²) < 4.78 is 13.8. The summed E-state index contributed by atoms with van der Waals surface area (Å²) in [5.41, 5.74) is 6.11. The molecule has 3 N–H and O–H groups in total. The highest BCUT2D eigenvalue weighted by molar-refractivity contribution is 5.92. The van der Waals surface area contributed by atoms with Gasteiger partial charge in [-0.3, -0.25) is 4.79 Å². The van der Waals surface area contributed by atoms with E-state index < -0.39 is 5.91 Å². The molecule has 0 spiro atoms. The van der Waals surface area contributed by atoms with Gasteiger partial charge in [-0.1, -0.05) is 0 Å². The number of amides is 1. The van der Waals surface area contributed by atoms with Crippen molar-refractivity contribution in [1.29, 1.82) is 0 Å². The van der Waals surface area contributed by atoms with Gasteiger partial charge in [0, 0.05) is 24.2 Å². The van der Waals surface area contributed by atoms with Gasteiger partial charge in [0.1, 0.15) is 5.82 Å². The summed E-state index contributed by atoms with van der Waals surface area (Å²) in [6.07, 6.45) is 2.41. The summed E-state index contributed by atoms with van der Waals surface area (Å²) in [7, 11) is 1.98. The van der Waals surface area contributed by atoms with E-state index in [4.69, 9.17) is 5.73 Å². The zero-order valence-electron chi connectivity index (χ0n) is 11.9. The Morgan fingerprint density at radius 2 is 2.35 bits per heavy atom. The predicted octanol–water partition coefficient (Wildman–Crippen LogP) is 1.36. The molecule has 1 aromatic rings. The topological polar surface area (TPSA) is 58.4 Å². The smallest absolute Gasteiger partial charge is 0.248 e. The summed E-state index contributed by atoms with van der Waals surface area (Å²) in [5, 5.41) is 3.38. The minimum absolute atomic E-state index is 0.288. The maximum absolute atomic E-state index is 13.8. The van der Waals surface area contributed by atoms with Crippen molar-refractivity contribution in [2.24, 2.45) is 11.7 Å². The predicted molar refractivity (Wildman–Crippen MR) is 76.8 cm³/mol. The van der Waals surface area contributed by atoms with Gasteiger partial charge in [0.15, 0.2) is 0 Å². The van der Waals surface area contributed by atoms with Crippen molar-refractivity contribution < 1.29 is 9.18 Å². The SMILES string of the molecule is CN(Cc1cc(C(N)=O)ccc1F)CC1CCCNC1. The van der Waals surface area contributed by atoms with Crippen LogP contribution in [0.5, 0.6) is 0 Å². The molecule has 1 aliphatic heterocycles. The minimum atomic E-state index is -0.523. The molecule has 1 saturated heterocycles. The number of piperidine rings is 1. The quantitative estimate of drug-likeness (QED) is 0.855. The van der Waals surface area contributed by atoms with E-state index in [0.717, 1.165) is 19.6 Å². The molecule has 0 saturated carbocycles. The summed E-state index contributed by atoms with van der Waals surface area (Å²) in [5.74, 6) is -0.204. The Labute approximate surface area is 119 Å². The van der Waals surface area contributed by atoms with Gasteiger partial charge in [-0.05, 0) is 57.1 Å². The van der Waals surface area contributed by atoms with Gasteiger partial charge < -0.3 is 16.0 Å². The van der Waals surface area contributed by atoms with Crippen molar-refractivity contribution in [3.63, 3.8) is 0 Å². The molecule has 5 heteroatoms. The Morgan fingerprint density at radius 1 is 1.55 bits per heavy atom. The number of nitrogens with zero attached hydrogens (tertiary/aromatic N) is 1. The molecule has 1 amide bonds. The zero-order valence-corrected chi connectivity index (χ0v) is 11.9. The van der Waals surface area contributed by atoms with E-state index in [2.05, 4.69) is 10.2 Å². The van der Waals surface area contributed by atoms with Crippen LogP contribution in [0.3, 0.4) is 0 Å². The number of halogens is 1. The highest BCUT2D eigenvalue weighted by Crippen LogP contribution is 2.15. The van der Waals surface area contributed by atoms with Crippen molar-refractivity contribution in [2.45, 2.75) is 19.4 Å². The third-order valence-electron chi connectivity index (χ3n) is 3.74. The lowest BCUT2D eigenvalue weighted by Gasteiger charge is -2.27. The molecular weight excluding hydrogens is 257 g/mol. The molecule has 0 aromatic heterocycles. The number of hydrogen-bond donors (Lipinski definition) is 2. The molecule has 1 aromatic carbocycles. The fourth-order valence-corrected chi connectivity index (χ4v) is 2.73. The molecule has 0 aliphatic carbocycles. The first-order valence-electron chi connectivity index (χ1n) is 7.03. The van der Waals surface area contributed by atoms with Crippen LogP contribution in [-0.2, 0) is 6.54 Å². The van der Waals surface area contributed by atoms with Crippen molar-refractivity contribution in [3.05, 3.63) is 35.1 Å². The van der Waals surface area contributed by atoms with Gasteiger partial charge in [-0.2, -0.15) is 0 Å². The lowest BCUT2D eigenvalue weighted by atomic mass is 9.99. The van der Waals surface area contributed by atoms with Gasteiger partial charge in [-0.15, -0.1) is 0 Å². The van der Waals surface area contributed by atoms with E-state index in [9.17, 15) is 9.18 Å². The van der Waals surface area contributed by atoms with Gasteiger partial charge in [0.2, 0.25) is 5.91 Å². The number of nitrogens with one attached hydrogen (secondary N) is 1. The molecule has 1 aliphatic rings. The van der Waals surface area contributed by atoms with Crippen LogP contribution in [0.2, 0.25) is 0 Å². The largest absolute Gasteiger partial charge is 0.366 e. The third-order valence-corrected chi connectivity index (χ3v) is 3.74. The summed E-state index contributed by atoms with van der Waals surface area (Å²) in [6.45, 7) is 3.53. The molecule has 0 radical (unpaired) electrons. The highest BCUT2D eigenvalue weighted by atomic mass is 19.1. The molecule has 2 rings (SSSR count).